The molecule has 1 saturated heterocycles. The zero-order valence-corrected chi connectivity index (χ0v) is 14.0. The number of hydrogen-bond acceptors (Lipinski definition) is 6. The van der Waals surface area contributed by atoms with Crippen LogP contribution in [0.15, 0.2) is 12.3 Å². The summed E-state index contributed by atoms with van der Waals surface area (Å²) in [4.78, 5) is 28.8. The highest BCUT2D eigenvalue weighted by Crippen LogP contribution is 2.36. The lowest BCUT2D eigenvalue weighted by atomic mass is 9.74. The van der Waals surface area contributed by atoms with Gasteiger partial charge in [0, 0.05) is 19.2 Å². The maximum absolute atomic E-state index is 12.0. The van der Waals surface area contributed by atoms with Gasteiger partial charge in [0.25, 0.3) is 5.69 Å². The van der Waals surface area contributed by atoms with Crippen molar-refractivity contribution in [3.63, 3.8) is 0 Å². The Morgan fingerprint density at radius 1 is 1.52 bits per heavy atom. The molecule has 0 radical (unpaired) electrons. The van der Waals surface area contributed by atoms with Gasteiger partial charge < -0.3 is 9.64 Å². The number of pyridine rings is 1. The van der Waals surface area contributed by atoms with Crippen LogP contribution >= 0.6 is 0 Å². The molecule has 0 spiro atoms. The highest BCUT2D eigenvalue weighted by atomic mass is 16.6. The molecule has 7 heteroatoms. The van der Waals surface area contributed by atoms with Gasteiger partial charge in [0.2, 0.25) is 0 Å². The Kier molecular flexibility index (Phi) is 4.87. The summed E-state index contributed by atoms with van der Waals surface area (Å²) in [6.07, 6.45) is 3.19. The van der Waals surface area contributed by atoms with E-state index in [2.05, 4.69) is 9.88 Å². The Bertz CT molecular complexity index is 615. The molecule has 0 aromatic carbocycles. The zero-order valence-electron chi connectivity index (χ0n) is 14.0. The molecule has 1 aliphatic rings. The van der Waals surface area contributed by atoms with E-state index in [1.807, 2.05) is 20.8 Å². The average molecular weight is 321 g/mol. The van der Waals surface area contributed by atoms with Gasteiger partial charge in [-0.05, 0) is 45.1 Å². The fourth-order valence-electron chi connectivity index (χ4n) is 3.17. The van der Waals surface area contributed by atoms with Gasteiger partial charge >= 0.3 is 5.97 Å². The van der Waals surface area contributed by atoms with Crippen molar-refractivity contribution >= 4 is 17.5 Å². The molecule has 1 fully saturated rings. The van der Waals surface area contributed by atoms with Crippen molar-refractivity contribution < 1.29 is 14.5 Å². The van der Waals surface area contributed by atoms with Crippen molar-refractivity contribution in [2.75, 3.05) is 25.1 Å². The van der Waals surface area contributed by atoms with Crippen molar-refractivity contribution in [3.8, 4) is 0 Å². The van der Waals surface area contributed by atoms with Crippen molar-refractivity contribution in [2.45, 2.75) is 33.6 Å². The number of aryl methyl sites for hydroxylation is 1. The van der Waals surface area contributed by atoms with Crippen LogP contribution in [0, 0.1) is 28.4 Å². The van der Waals surface area contributed by atoms with Crippen molar-refractivity contribution in [3.05, 3.63) is 27.9 Å². The molecular weight excluding hydrogens is 298 g/mol. The number of nitrogens with zero attached hydrogens (tertiary/aromatic N) is 3. The summed E-state index contributed by atoms with van der Waals surface area (Å²) in [5.74, 6) is 0.693. The van der Waals surface area contributed by atoms with Crippen LogP contribution in [0.2, 0.25) is 0 Å². The maximum Gasteiger partial charge on any atom is 0.311 e. The van der Waals surface area contributed by atoms with E-state index in [-0.39, 0.29) is 17.6 Å². The maximum atomic E-state index is 12.0. The van der Waals surface area contributed by atoms with Gasteiger partial charge in [-0.1, -0.05) is 0 Å². The van der Waals surface area contributed by atoms with Crippen LogP contribution in [0.3, 0.4) is 0 Å². The van der Waals surface area contributed by atoms with Gasteiger partial charge in [-0.2, -0.15) is 0 Å². The fraction of sp³-hybridized carbons (Fsp3) is 0.625. The Labute approximate surface area is 135 Å². The molecule has 0 saturated carbocycles. The van der Waals surface area contributed by atoms with E-state index in [1.165, 1.54) is 19.4 Å². The molecule has 1 aromatic rings. The molecule has 1 atom stereocenters. The molecule has 0 amide bonds. The van der Waals surface area contributed by atoms with Crippen molar-refractivity contribution in [2.24, 2.45) is 11.3 Å². The van der Waals surface area contributed by atoms with Crippen LogP contribution in [0.1, 0.15) is 32.3 Å². The predicted molar refractivity (Wildman–Crippen MR) is 86.4 cm³/mol. The third-order valence-electron chi connectivity index (χ3n) is 4.70. The van der Waals surface area contributed by atoms with E-state index in [0.29, 0.717) is 6.54 Å². The summed E-state index contributed by atoms with van der Waals surface area (Å²) in [6, 6.07) is 1.54. The summed E-state index contributed by atoms with van der Waals surface area (Å²) < 4.78 is 4.93. The average Bonchev–Trinajstić information content (AvgIpc) is 2.53. The largest absolute Gasteiger partial charge is 0.469 e. The van der Waals surface area contributed by atoms with E-state index in [0.717, 1.165) is 30.8 Å². The lowest BCUT2D eigenvalue weighted by Crippen LogP contribution is -2.45. The Morgan fingerprint density at radius 2 is 2.22 bits per heavy atom. The van der Waals surface area contributed by atoms with E-state index < -0.39 is 10.3 Å². The van der Waals surface area contributed by atoms with Crippen LogP contribution in [0.25, 0.3) is 0 Å². The molecule has 0 N–H and O–H groups in total. The lowest BCUT2D eigenvalue weighted by molar-refractivity contribution is -0.385. The van der Waals surface area contributed by atoms with Crippen LogP contribution in [-0.2, 0) is 9.53 Å². The molecule has 0 aliphatic carbocycles. The third-order valence-corrected chi connectivity index (χ3v) is 4.70. The standard InChI is InChI=1S/C16H23N3O4/c1-11-8-13(19(21)22)9-17-14(11)18-7-5-6-12(10-18)16(2,3)15(20)23-4/h8-9,12H,5-7,10H2,1-4H3. The minimum Gasteiger partial charge on any atom is -0.469 e. The normalized spacial score (nSPS) is 18.6. The first-order valence-corrected chi connectivity index (χ1v) is 7.71. The zero-order chi connectivity index (χ0) is 17.2. The SMILES string of the molecule is COC(=O)C(C)(C)C1CCCN(c2ncc([N+](=O)[O-])cc2C)C1. The minimum atomic E-state index is -0.567. The van der Waals surface area contributed by atoms with Crippen molar-refractivity contribution in [1.82, 2.24) is 4.98 Å². The third kappa shape index (κ3) is 3.43. The first-order chi connectivity index (χ1) is 10.8. The van der Waals surface area contributed by atoms with Gasteiger partial charge in [-0.15, -0.1) is 0 Å². The highest BCUT2D eigenvalue weighted by molar-refractivity contribution is 5.76. The number of carbonyl (C=O) groups is 1. The number of anilines is 1. The van der Waals surface area contributed by atoms with Crippen molar-refractivity contribution in [1.29, 1.82) is 0 Å². The highest BCUT2D eigenvalue weighted by Gasteiger charge is 2.40. The second-order valence-corrected chi connectivity index (χ2v) is 6.59. The van der Waals surface area contributed by atoms with E-state index in [4.69, 9.17) is 4.74 Å². The van der Waals surface area contributed by atoms with Gasteiger partial charge in [0.1, 0.15) is 12.0 Å². The molecule has 7 nitrogen and oxygen atoms in total. The first-order valence-electron chi connectivity index (χ1n) is 7.71. The van der Waals surface area contributed by atoms with E-state index in [1.54, 1.807) is 0 Å². The summed E-state index contributed by atoms with van der Waals surface area (Å²) in [5.41, 5.74) is 0.202. The molecule has 0 bridgehead atoms. The molecule has 23 heavy (non-hydrogen) atoms. The van der Waals surface area contributed by atoms with Gasteiger partial charge in [0.15, 0.2) is 0 Å². The number of ether oxygens (including phenoxy) is 1. The number of aromatic nitrogens is 1. The first kappa shape index (κ1) is 17.2. The van der Waals surface area contributed by atoms with Crippen LogP contribution in [0.4, 0.5) is 11.5 Å². The Balaban J connectivity index is 2.22. The molecule has 126 valence electrons. The summed E-state index contributed by atoms with van der Waals surface area (Å²) in [7, 11) is 1.41. The molecule has 1 aliphatic heterocycles. The van der Waals surface area contributed by atoms with Gasteiger partial charge in [0.05, 0.1) is 17.4 Å². The molecule has 2 rings (SSSR count). The second-order valence-electron chi connectivity index (χ2n) is 6.59. The number of carbonyl (C=O) groups excluding carboxylic acids is 1. The summed E-state index contributed by atoms with van der Waals surface area (Å²) in [5, 5.41) is 10.8. The number of hydrogen-bond donors (Lipinski definition) is 0. The number of nitro groups is 1. The monoisotopic (exact) mass is 321 g/mol. The van der Waals surface area contributed by atoms with Crippen LogP contribution < -0.4 is 4.90 Å². The fourth-order valence-corrected chi connectivity index (χ4v) is 3.17. The molecule has 1 aromatic heterocycles. The number of methoxy groups -OCH3 is 1. The Hall–Kier alpha value is -2.18. The van der Waals surface area contributed by atoms with Gasteiger partial charge in [-0.3, -0.25) is 14.9 Å². The quantitative estimate of drug-likeness (QED) is 0.481. The topological polar surface area (TPSA) is 85.6 Å². The number of rotatable bonds is 4. The second kappa shape index (κ2) is 6.52. The molecule has 2 heterocycles. The van der Waals surface area contributed by atoms with E-state index >= 15 is 0 Å². The van der Waals surface area contributed by atoms with Crippen LogP contribution in [-0.4, -0.2) is 36.1 Å². The minimum absolute atomic E-state index is 0.00491. The molecular formula is C16H23N3O4. The number of piperidine rings is 1. The summed E-state index contributed by atoms with van der Waals surface area (Å²) >= 11 is 0. The van der Waals surface area contributed by atoms with E-state index in [9.17, 15) is 14.9 Å². The smallest absolute Gasteiger partial charge is 0.311 e. The van der Waals surface area contributed by atoms with Crippen LogP contribution in [0.5, 0.6) is 0 Å². The lowest BCUT2D eigenvalue weighted by Gasteiger charge is -2.40. The van der Waals surface area contributed by atoms with Gasteiger partial charge in [-0.25, -0.2) is 4.98 Å². The Morgan fingerprint density at radius 3 is 2.78 bits per heavy atom. The molecule has 1 unspecified atom stereocenters. The predicted octanol–water partition coefficient (Wildman–Crippen LogP) is 2.71. The number of esters is 1. The summed E-state index contributed by atoms with van der Waals surface area (Å²) in [6.45, 7) is 7.16.